The van der Waals surface area contributed by atoms with Gasteiger partial charge in [0.05, 0.1) is 19.3 Å². The standard InChI is InChI=1S/C28H30N2O5/c1-28(2,3)35-17-24(26(31)18-13-14-25(33-4)29-15-18)30-27(32)34-16-23-21-11-7-5-9-19(21)20-10-6-8-12-22(20)23/h5-15,23-24H,16-17H2,1-4H3,(H,30,32)/t24-/m0/s1. The molecule has 3 aromatic rings. The number of carbonyl (C=O) groups excluding carboxylic acids is 2. The maximum absolute atomic E-state index is 13.2. The van der Waals surface area contributed by atoms with Crippen LogP contribution in [0, 0.1) is 0 Å². The number of hydrogen-bond donors (Lipinski definition) is 1. The molecule has 1 aromatic heterocycles. The molecule has 0 bridgehead atoms. The van der Waals surface area contributed by atoms with E-state index in [2.05, 4.69) is 34.6 Å². The van der Waals surface area contributed by atoms with E-state index in [0.717, 1.165) is 22.3 Å². The zero-order chi connectivity index (χ0) is 25.0. The van der Waals surface area contributed by atoms with Crippen molar-refractivity contribution < 1.29 is 23.8 Å². The normalized spacial score (nSPS) is 13.5. The number of fused-ring (bicyclic) bond motifs is 3. The number of Topliss-reactive ketones (excluding diaryl/α,β-unsaturated/α-hetero) is 1. The van der Waals surface area contributed by atoms with E-state index in [1.165, 1.54) is 13.3 Å². The van der Waals surface area contributed by atoms with Crippen molar-refractivity contribution in [2.45, 2.75) is 38.3 Å². The zero-order valence-electron chi connectivity index (χ0n) is 20.4. The van der Waals surface area contributed by atoms with Crippen molar-refractivity contribution in [2.24, 2.45) is 0 Å². The maximum atomic E-state index is 13.2. The van der Waals surface area contributed by atoms with Crippen molar-refractivity contribution in [1.82, 2.24) is 10.3 Å². The quantitative estimate of drug-likeness (QED) is 0.463. The average molecular weight is 475 g/mol. The lowest BCUT2D eigenvalue weighted by Gasteiger charge is -2.24. The van der Waals surface area contributed by atoms with Gasteiger partial charge in [0.25, 0.3) is 0 Å². The fraction of sp³-hybridized carbons (Fsp3) is 0.321. The van der Waals surface area contributed by atoms with Crippen LogP contribution in [0.2, 0.25) is 0 Å². The van der Waals surface area contributed by atoms with Crippen LogP contribution in [0.5, 0.6) is 5.88 Å². The number of pyridine rings is 1. The molecule has 0 radical (unpaired) electrons. The molecule has 0 aliphatic heterocycles. The molecular weight excluding hydrogens is 444 g/mol. The summed E-state index contributed by atoms with van der Waals surface area (Å²) in [6.07, 6.45) is 0.745. The Balaban J connectivity index is 1.46. The lowest BCUT2D eigenvalue weighted by Crippen LogP contribution is -2.46. The van der Waals surface area contributed by atoms with Crippen LogP contribution in [0.25, 0.3) is 11.1 Å². The van der Waals surface area contributed by atoms with Crippen LogP contribution in [0.1, 0.15) is 48.2 Å². The highest BCUT2D eigenvalue weighted by Crippen LogP contribution is 2.44. The molecule has 1 heterocycles. The van der Waals surface area contributed by atoms with Crippen molar-refractivity contribution in [3.05, 3.63) is 83.6 Å². The Morgan fingerprint density at radius 1 is 0.971 bits per heavy atom. The number of carbonyl (C=O) groups is 2. The number of amides is 1. The van der Waals surface area contributed by atoms with Crippen molar-refractivity contribution in [3.8, 4) is 17.0 Å². The van der Waals surface area contributed by atoms with Gasteiger partial charge in [-0.2, -0.15) is 0 Å². The molecule has 0 fully saturated rings. The second-order valence-corrected chi connectivity index (χ2v) is 9.40. The number of alkyl carbamates (subject to hydrolysis) is 1. The molecule has 1 N–H and O–H groups in total. The summed E-state index contributed by atoms with van der Waals surface area (Å²) in [6.45, 7) is 5.81. The highest BCUT2D eigenvalue weighted by molar-refractivity contribution is 6.01. The number of rotatable bonds is 8. The van der Waals surface area contributed by atoms with E-state index in [0.29, 0.717) is 11.4 Å². The third-order valence-corrected chi connectivity index (χ3v) is 5.87. The predicted octanol–water partition coefficient (Wildman–Crippen LogP) is 5.00. The highest BCUT2D eigenvalue weighted by Gasteiger charge is 2.30. The van der Waals surface area contributed by atoms with Crippen LogP contribution in [-0.4, -0.2) is 48.8 Å². The molecule has 1 amide bonds. The fourth-order valence-electron chi connectivity index (χ4n) is 4.15. The molecule has 0 spiro atoms. The second kappa shape index (κ2) is 10.3. The van der Waals surface area contributed by atoms with Crippen molar-refractivity contribution in [3.63, 3.8) is 0 Å². The fourth-order valence-corrected chi connectivity index (χ4v) is 4.15. The summed E-state index contributed by atoms with van der Waals surface area (Å²) in [6, 6.07) is 18.5. The number of nitrogens with zero attached hydrogens (tertiary/aromatic N) is 1. The summed E-state index contributed by atoms with van der Waals surface area (Å²) in [4.78, 5) is 30.1. The van der Waals surface area contributed by atoms with Crippen LogP contribution in [0.15, 0.2) is 66.9 Å². The number of methoxy groups -OCH3 is 1. The summed E-state index contributed by atoms with van der Waals surface area (Å²) in [7, 11) is 1.50. The van der Waals surface area contributed by atoms with Gasteiger partial charge in [-0.3, -0.25) is 4.79 Å². The molecule has 4 rings (SSSR count). The molecule has 2 aromatic carbocycles. The minimum Gasteiger partial charge on any atom is -0.481 e. The van der Waals surface area contributed by atoms with Gasteiger partial charge >= 0.3 is 6.09 Å². The number of aromatic nitrogens is 1. The second-order valence-electron chi connectivity index (χ2n) is 9.40. The van der Waals surface area contributed by atoms with E-state index in [9.17, 15) is 9.59 Å². The van der Waals surface area contributed by atoms with Gasteiger partial charge in [-0.25, -0.2) is 9.78 Å². The molecule has 7 nitrogen and oxygen atoms in total. The topological polar surface area (TPSA) is 86.8 Å². The highest BCUT2D eigenvalue weighted by atomic mass is 16.5. The van der Waals surface area contributed by atoms with Crippen LogP contribution in [0.3, 0.4) is 0 Å². The first kappa shape index (κ1) is 24.4. The minimum absolute atomic E-state index is 0.00143. The predicted molar refractivity (Wildman–Crippen MR) is 133 cm³/mol. The van der Waals surface area contributed by atoms with Gasteiger partial charge in [-0.15, -0.1) is 0 Å². The van der Waals surface area contributed by atoms with Crippen LogP contribution in [-0.2, 0) is 9.47 Å². The monoisotopic (exact) mass is 474 g/mol. The molecule has 1 aliphatic rings. The van der Waals surface area contributed by atoms with Crippen molar-refractivity contribution in [2.75, 3.05) is 20.3 Å². The Hall–Kier alpha value is -3.71. The Bertz CT molecular complexity index is 1150. The van der Waals surface area contributed by atoms with Crippen LogP contribution < -0.4 is 10.1 Å². The lowest BCUT2D eigenvalue weighted by molar-refractivity contribution is -0.0119. The van der Waals surface area contributed by atoms with E-state index in [-0.39, 0.29) is 24.9 Å². The van der Waals surface area contributed by atoms with Gasteiger partial charge < -0.3 is 19.5 Å². The minimum atomic E-state index is -0.930. The zero-order valence-corrected chi connectivity index (χ0v) is 20.4. The molecule has 0 saturated heterocycles. The van der Waals surface area contributed by atoms with Crippen LogP contribution >= 0.6 is 0 Å². The smallest absolute Gasteiger partial charge is 0.407 e. The van der Waals surface area contributed by atoms with Gasteiger partial charge in [-0.1, -0.05) is 48.5 Å². The number of nitrogens with one attached hydrogen (secondary N) is 1. The van der Waals surface area contributed by atoms with Gasteiger partial charge in [0.2, 0.25) is 5.88 Å². The van der Waals surface area contributed by atoms with Crippen molar-refractivity contribution in [1.29, 1.82) is 0 Å². The molecule has 7 heteroatoms. The Kier molecular flexibility index (Phi) is 7.17. The summed E-state index contributed by atoms with van der Waals surface area (Å²) in [5.74, 6) is 0.00496. The molecule has 1 aliphatic carbocycles. The first-order valence-electron chi connectivity index (χ1n) is 11.6. The Morgan fingerprint density at radius 3 is 2.14 bits per heavy atom. The SMILES string of the molecule is COc1ccc(C(=O)[C@H](COC(C)(C)C)NC(=O)OCC2c3ccccc3-c3ccccc32)cn1. The van der Waals surface area contributed by atoms with Gasteiger partial charge in [0.15, 0.2) is 5.78 Å². The van der Waals surface area contributed by atoms with Gasteiger partial charge in [0.1, 0.15) is 12.6 Å². The Morgan fingerprint density at radius 2 is 1.60 bits per heavy atom. The maximum Gasteiger partial charge on any atom is 0.407 e. The first-order valence-corrected chi connectivity index (χ1v) is 11.6. The molecular formula is C28H30N2O5. The van der Waals surface area contributed by atoms with E-state index in [4.69, 9.17) is 14.2 Å². The van der Waals surface area contributed by atoms with Gasteiger partial charge in [-0.05, 0) is 49.1 Å². The third-order valence-electron chi connectivity index (χ3n) is 5.87. The number of benzene rings is 2. The summed E-state index contributed by atoms with van der Waals surface area (Å²) in [5, 5.41) is 2.69. The van der Waals surface area contributed by atoms with E-state index in [1.54, 1.807) is 12.1 Å². The van der Waals surface area contributed by atoms with Gasteiger partial charge in [0, 0.05) is 23.7 Å². The number of hydrogen-bond acceptors (Lipinski definition) is 6. The van der Waals surface area contributed by atoms with Crippen LogP contribution in [0.4, 0.5) is 4.79 Å². The number of ether oxygens (including phenoxy) is 3. The Labute approximate surface area is 205 Å². The van der Waals surface area contributed by atoms with E-state index < -0.39 is 17.7 Å². The van der Waals surface area contributed by atoms with E-state index >= 15 is 0 Å². The number of ketones is 1. The average Bonchev–Trinajstić information content (AvgIpc) is 3.18. The summed E-state index contributed by atoms with van der Waals surface area (Å²) >= 11 is 0. The first-order chi connectivity index (χ1) is 16.8. The largest absolute Gasteiger partial charge is 0.481 e. The summed E-state index contributed by atoms with van der Waals surface area (Å²) < 4.78 is 16.5. The molecule has 0 saturated carbocycles. The lowest BCUT2D eigenvalue weighted by atomic mass is 9.98. The summed E-state index contributed by atoms with van der Waals surface area (Å²) in [5.41, 5.74) is 4.39. The third kappa shape index (κ3) is 5.69. The molecule has 1 atom stereocenters. The van der Waals surface area contributed by atoms with Crippen molar-refractivity contribution >= 4 is 11.9 Å². The molecule has 0 unspecified atom stereocenters. The van der Waals surface area contributed by atoms with E-state index in [1.807, 2.05) is 45.0 Å². The molecule has 182 valence electrons. The molecule has 35 heavy (non-hydrogen) atoms.